The van der Waals surface area contributed by atoms with Crippen molar-refractivity contribution in [3.05, 3.63) is 52.9 Å². The fraction of sp³-hybridized carbons (Fsp3) is 0.333. The maximum Gasteiger partial charge on any atom is 0.417 e. The van der Waals surface area contributed by atoms with Gasteiger partial charge in [-0.05, 0) is 30.3 Å². The molecule has 0 saturated carbocycles. The molecule has 0 spiro atoms. The Morgan fingerprint density at radius 2 is 1.86 bits per heavy atom. The third-order valence-corrected chi connectivity index (χ3v) is 4.57. The number of hydrogen-bond acceptors (Lipinski definition) is 4. The standard InChI is InChI=1S/C18H16ClF4N3O2/c19-14-9-13(20)2-3-15(14)28-11-17(27)26-7-5-25(6-8-26)16-4-1-12(10-24-16)18(21,22)23/h1-4,9-10H,5-8,11H2. The van der Waals surface area contributed by atoms with Crippen molar-refractivity contribution >= 4 is 23.3 Å². The highest BCUT2D eigenvalue weighted by atomic mass is 35.5. The van der Waals surface area contributed by atoms with E-state index in [2.05, 4.69) is 4.98 Å². The number of anilines is 1. The second kappa shape index (κ2) is 8.22. The lowest BCUT2D eigenvalue weighted by Gasteiger charge is -2.35. The van der Waals surface area contributed by atoms with Crippen LogP contribution in [0.3, 0.4) is 0 Å². The van der Waals surface area contributed by atoms with Crippen LogP contribution in [0, 0.1) is 5.82 Å². The summed E-state index contributed by atoms with van der Waals surface area (Å²) in [6.45, 7) is 1.37. The summed E-state index contributed by atoms with van der Waals surface area (Å²) in [5.41, 5.74) is -0.804. The first-order chi connectivity index (χ1) is 13.2. The lowest BCUT2D eigenvalue weighted by atomic mass is 10.2. The lowest BCUT2D eigenvalue weighted by molar-refractivity contribution is -0.138. The normalized spacial score (nSPS) is 14.9. The van der Waals surface area contributed by atoms with Crippen molar-refractivity contribution in [1.29, 1.82) is 0 Å². The molecular weight excluding hydrogens is 402 g/mol. The first kappa shape index (κ1) is 20.2. The molecule has 1 saturated heterocycles. The van der Waals surface area contributed by atoms with Crippen molar-refractivity contribution in [3.63, 3.8) is 0 Å². The smallest absolute Gasteiger partial charge is 0.417 e. The van der Waals surface area contributed by atoms with Gasteiger partial charge in [0.25, 0.3) is 5.91 Å². The maximum atomic E-state index is 13.0. The Balaban J connectivity index is 1.51. The van der Waals surface area contributed by atoms with Crippen LogP contribution in [0.1, 0.15) is 5.56 Å². The minimum Gasteiger partial charge on any atom is -0.482 e. The molecule has 0 unspecified atom stereocenters. The summed E-state index contributed by atoms with van der Waals surface area (Å²) in [6, 6.07) is 5.93. The molecule has 1 aliphatic rings. The summed E-state index contributed by atoms with van der Waals surface area (Å²) in [5, 5.41) is 0.0750. The van der Waals surface area contributed by atoms with Gasteiger partial charge in [-0.25, -0.2) is 9.37 Å². The molecule has 0 bridgehead atoms. The highest BCUT2D eigenvalue weighted by molar-refractivity contribution is 6.32. The van der Waals surface area contributed by atoms with Crippen molar-refractivity contribution in [3.8, 4) is 5.75 Å². The number of aromatic nitrogens is 1. The van der Waals surface area contributed by atoms with Crippen LogP contribution in [0.25, 0.3) is 0 Å². The summed E-state index contributed by atoms with van der Waals surface area (Å²) in [6.07, 6.45) is -3.63. The summed E-state index contributed by atoms with van der Waals surface area (Å²) in [5.74, 6) is -0.129. The van der Waals surface area contributed by atoms with Gasteiger partial charge in [-0.2, -0.15) is 13.2 Å². The predicted octanol–water partition coefficient (Wildman–Crippen LogP) is 3.62. The minimum absolute atomic E-state index is 0.0750. The number of nitrogens with zero attached hydrogens (tertiary/aromatic N) is 3. The second-order valence-corrected chi connectivity index (χ2v) is 6.54. The molecule has 2 heterocycles. The number of carbonyl (C=O) groups excluding carboxylic acids is 1. The van der Waals surface area contributed by atoms with E-state index in [0.717, 1.165) is 18.3 Å². The molecule has 5 nitrogen and oxygen atoms in total. The topological polar surface area (TPSA) is 45.7 Å². The molecular formula is C18H16ClF4N3O2. The summed E-state index contributed by atoms with van der Waals surface area (Å²) in [7, 11) is 0. The van der Waals surface area contributed by atoms with Crippen LogP contribution in [0.4, 0.5) is 23.4 Å². The number of amides is 1. The van der Waals surface area contributed by atoms with Gasteiger partial charge in [-0.3, -0.25) is 4.79 Å². The average Bonchev–Trinajstić information content (AvgIpc) is 2.67. The third kappa shape index (κ3) is 4.83. The summed E-state index contributed by atoms with van der Waals surface area (Å²) in [4.78, 5) is 19.5. The van der Waals surface area contributed by atoms with Crippen molar-refractivity contribution in [2.24, 2.45) is 0 Å². The lowest BCUT2D eigenvalue weighted by Crippen LogP contribution is -2.50. The number of carbonyl (C=O) groups is 1. The van der Waals surface area contributed by atoms with E-state index in [9.17, 15) is 22.4 Å². The van der Waals surface area contributed by atoms with Gasteiger partial charge in [0.05, 0.1) is 10.6 Å². The van der Waals surface area contributed by atoms with Crippen molar-refractivity contribution in [2.45, 2.75) is 6.18 Å². The summed E-state index contributed by atoms with van der Waals surface area (Å²) >= 11 is 5.85. The van der Waals surface area contributed by atoms with Crippen molar-refractivity contribution < 1.29 is 27.1 Å². The Labute approximate surface area is 163 Å². The molecule has 10 heteroatoms. The van der Waals surface area contributed by atoms with E-state index in [-0.39, 0.29) is 23.3 Å². The van der Waals surface area contributed by atoms with E-state index in [0.29, 0.717) is 32.0 Å². The van der Waals surface area contributed by atoms with E-state index in [1.165, 1.54) is 18.2 Å². The molecule has 0 radical (unpaired) electrons. The first-order valence-corrected chi connectivity index (χ1v) is 8.75. The molecule has 3 rings (SSSR count). The van der Waals surface area contributed by atoms with Crippen molar-refractivity contribution in [1.82, 2.24) is 9.88 Å². The van der Waals surface area contributed by atoms with Crippen LogP contribution >= 0.6 is 11.6 Å². The zero-order chi connectivity index (χ0) is 20.3. The quantitative estimate of drug-likeness (QED) is 0.713. The molecule has 0 aliphatic carbocycles. The van der Waals surface area contributed by atoms with E-state index in [1.807, 2.05) is 4.90 Å². The van der Waals surface area contributed by atoms with E-state index >= 15 is 0 Å². The van der Waals surface area contributed by atoms with Crippen LogP contribution in [0.5, 0.6) is 5.75 Å². The molecule has 1 aromatic carbocycles. The molecule has 2 aromatic rings. The van der Waals surface area contributed by atoms with Gasteiger partial charge in [0.2, 0.25) is 0 Å². The third-order valence-electron chi connectivity index (χ3n) is 4.28. The molecule has 28 heavy (non-hydrogen) atoms. The molecule has 1 fully saturated rings. The molecule has 1 aromatic heterocycles. The molecule has 1 aliphatic heterocycles. The summed E-state index contributed by atoms with van der Waals surface area (Å²) < 4.78 is 56.2. The number of pyridine rings is 1. The highest BCUT2D eigenvalue weighted by Gasteiger charge is 2.31. The number of piperazine rings is 1. The zero-order valence-electron chi connectivity index (χ0n) is 14.5. The average molecular weight is 418 g/mol. The Bertz CT molecular complexity index is 838. The molecule has 150 valence electrons. The molecule has 0 atom stereocenters. The van der Waals surface area contributed by atoms with E-state index in [4.69, 9.17) is 16.3 Å². The molecule has 1 amide bonds. The van der Waals surface area contributed by atoms with Gasteiger partial charge in [-0.1, -0.05) is 11.6 Å². The number of benzene rings is 1. The number of ether oxygens (including phenoxy) is 1. The fourth-order valence-corrected chi connectivity index (χ4v) is 2.97. The Kier molecular flexibility index (Phi) is 5.93. The fourth-order valence-electron chi connectivity index (χ4n) is 2.75. The Morgan fingerprint density at radius 1 is 1.14 bits per heavy atom. The van der Waals surface area contributed by atoms with E-state index in [1.54, 1.807) is 4.90 Å². The minimum atomic E-state index is -4.43. The van der Waals surface area contributed by atoms with Gasteiger partial charge in [0, 0.05) is 32.4 Å². The second-order valence-electron chi connectivity index (χ2n) is 6.13. The monoisotopic (exact) mass is 417 g/mol. The SMILES string of the molecule is O=C(COc1ccc(F)cc1Cl)N1CCN(c2ccc(C(F)(F)F)cn2)CC1. The first-order valence-electron chi connectivity index (χ1n) is 8.38. The Hall–Kier alpha value is -2.55. The van der Waals surface area contributed by atoms with Gasteiger partial charge < -0.3 is 14.5 Å². The van der Waals surface area contributed by atoms with Crippen LogP contribution < -0.4 is 9.64 Å². The van der Waals surface area contributed by atoms with Crippen LogP contribution in [-0.4, -0.2) is 48.6 Å². The van der Waals surface area contributed by atoms with E-state index < -0.39 is 17.6 Å². The number of halogens is 5. The van der Waals surface area contributed by atoms with Gasteiger partial charge in [0.15, 0.2) is 6.61 Å². The van der Waals surface area contributed by atoms with Gasteiger partial charge in [-0.15, -0.1) is 0 Å². The Morgan fingerprint density at radius 3 is 2.43 bits per heavy atom. The maximum absolute atomic E-state index is 13.0. The van der Waals surface area contributed by atoms with Gasteiger partial charge in [0.1, 0.15) is 17.4 Å². The van der Waals surface area contributed by atoms with Crippen molar-refractivity contribution in [2.75, 3.05) is 37.7 Å². The zero-order valence-corrected chi connectivity index (χ0v) is 15.3. The largest absolute Gasteiger partial charge is 0.482 e. The number of rotatable bonds is 4. The molecule has 0 N–H and O–H groups in total. The van der Waals surface area contributed by atoms with Crippen LogP contribution in [0.2, 0.25) is 5.02 Å². The highest BCUT2D eigenvalue weighted by Crippen LogP contribution is 2.29. The van der Waals surface area contributed by atoms with Crippen LogP contribution in [-0.2, 0) is 11.0 Å². The number of alkyl halides is 3. The number of hydrogen-bond donors (Lipinski definition) is 0. The van der Waals surface area contributed by atoms with Gasteiger partial charge >= 0.3 is 6.18 Å². The predicted molar refractivity (Wildman–Crippen MR) is 94.9 cm³/mol. The van der Waals surface area contributed by atoms with Crippen LogP contribution in [0.15, 0.2) is 36.5 Å².